The lowest BCUT2D eigenvalue weighted by Crippen LogP contribution is -2.34. The molecule has 156 valence electrons. The van der Waals surface area contributed by atoms with E-state index in [0.29, 0.717) is 17.1 Å². The molecule has 0 aliphatic rings. The number of anilines is 1. The monoisotopic (exact) mass is 431 g/mol. The Bertz CT molecular complexity index is 1140. The van der Waals surface area contributed by atoms with Gasteiger partial charge in [0.2, 0.25) is 0 Å². The van der Waals surface area contributed by atoms with Crippen LogP contribution in [0.3, 0.4) is 0 Å². The maximum Gasteiger partial charge on any atom is 0.358 e. The zero-order valence-electron chi connectivity index (χ0n) is 16.1. The Labute approximate surface area is 175 Å². The van der Waals surface area contributed by atoms with Crippen LogP contribution in [0.4, 0.5) is 5.69 Å². The van der Waals surface area contributed by atoms with Gasteiger partial charge in [0.15, 0.2) is 5.69 Å². The Hall–Kier alpha value is -3.66. The highest BCUT2D eigenvalue weighted by Crippen LogP contribution is 2.27. The summed E-state index contributed by atoms with van der Waals surface area (Å²) >= 11 is 6.25. The SMILES string of the molecule is CCn1cc(N(Cc2ccccc2Cl)C(=O)c2c(C(=O)O)cnn2C)c(C(=O)O)n1. The number of aromatic nitrogens is 4. The van der Waals surface area contributed by atoms with Crippen molar-refractivity contribution >= 4 is 35.1 Å². The minimum atomic E-state index is -1.33. The molecule has 0 radical (unpaired) electrons. The quantitative estimate of drug-likeness (QED) is 0.587. The zero-order chi connectivity index (χ0) is 22.0. The van der Waals surface area contributed by atoms with E-state index in [0.717, 1.165) is 15.8 Å². The van der Waals surface area contributed by atoms with E-state index in [9.17, 15) is 24.6 Å². The van der Waals surface area contributed by atoms with Gasteiger partial charge in [-0.3, -0.25) is 19.1 Å². The first-order valence-corrected chi connectivity index (χ1v) is 9.23. The smallest absolute Gasteiger partial charge is 0.358 e. The van der Waals surface area contributed by atoms with Gasteiger partial charge in [0.05, 0.1) is 18.4 Å². The third kappa shape index (κ3) is 3.90. The molecule has 0 spiro atoms. The molecule has 11 heteroatoms. The van der Waals surface area contributed by atoms with Crippen molar-refractivity contribution in [3.63, 3.8) is 0 Å². The number of hydrogen-bond donors (Lipinski definition) is 2. The number of nitrogens with zero attached hydrogens (tertiary/aromatic N) is 5. The van der Waals surface area contributed by atoms with Crippen LogP contribution in [0.1, 0.15) is 43.8 Å². The first kappa shape index (κ1) is 21.1. The molecule has 2 N–H and O–H groups in total. The van der Waals surface area contributed by atoms with Crippen LogP contribution in [0.25, 0.3) is 0 Å². The number of benzene rings is 1. The van der Waals surface area contributed by atoms with Crippen LogP contribution < -0.4 is 4.90 Å². The Morgan fingerprint density at radius 2 is 1.87 bits per heavy atom. The van der Waals surface area contributed by atoms with E-state index in [1.807, 2.05) is 0 Å². The van der Waals surface area contributed by atoms with Gasteiger partial charge in [-0.25, -0.2) is 9.59 Å². The van der Waals surface area contributed by atoms with Gasteiger partial charge in [-0.2, -0.15) is 10.2 Å². The van der Waals surface area contributed by atoms with Crippen LogP contribution in [0.2, 0.25) is 5.02 Å². The summed E-state index contributed by atoms with van der Waals surface area (Å²) in [5, 5.41) is 27.3. The fourth-order valence-electron chi connectivity index (χ4n) is 2.96. The molecule has 0 unspecified atom stereocenters. The fourth-order valence-corrected chi connectivity index (χ4v) is 3.16. The summed E-state index contributed by atoms with van der Waals surface area (Å²) < 4.78 is 2.52. The number of aromatic carboxylic acids is 2. The molecule has 0 aliphatic carbocycles. The van der Waals surface area contributed by atoms with E-state index in [-0.39, 0.29) is 29.2 Å². The number of carboxylic acids is 2. The first-order chi connectivity index (χ1) is 14.2. The van der Waals surface area contributed by atoms with Crippen molar-refractivity contribution < 1.29 is 24.6 Å². The average Bonchev–Trinajstić information content (AvgIpc) is 3.30. The molecule has 0 aliphatic heterocycles. The first-order valence-electron chi connectivity index (χ1n) is 8.85. The molecule has 30 heavy (non-hydrogen) atoms. The molecule has 0 atom stereocenters. The van der Waals surface area contributed by atoms with Gasteiger partial charge in [0.25, 0.3) is 5.91 Å². The fraction of sp³-hybridized carbons (Fsp3) is 0.211. The summed E-state index contributed by atoms with van der Waals surface area (Å²) in [5.41, 5.74) is -0.267. The molecule has 1 aromatic carbocycles. The number of carbonyl (C=O) groups excluding carboxylic acids is 1. The van der Waals surface area contributed by atoms with E-state index in [1.54, 1.807) is 31.2 Å². The van der Waals surface area contributed by atoms with Gasteiger partial charge in [-0.05, 0) is 18.6 Å². The summed E-state index contributed by atoms with van der Waals surface area (Å²) in [6.07, 6.45) is 2.49. The topological polar surface area (TPSA) is 131 Å². The molecule has 10 nitrogen and oxygen atoms in total. The minimum Gasteiger partial charge on any atom is -0.478 e. The van der Waals surface area contributed by atoms with Crippen LogP contribution in [0.15, 0.2) is 36.7 Å². The van der Waals surface area contributed by atoms with E-state index in [2.05, 4.69) is 10.2 Å². The van der Waals surface area contributed by atoms with Crippen LogP contribution >= 0.6 is 11.6 Å². The van der Waals surface area contributed by atoms with Crippen molar-refractivity contribution in [2.75, 3.05) is 4.90 Å². The zero-order valence-corrected chi connectivity index (χ0v) is 16.9. The molecule has 1 amide bonds. The number of carbonyl (C=O) groups is 3. The van der Waals surface area contributed by atoms with Gasteiger partial charge in [0, 0.05) is 24.8 Å². The Balaban J connectivity index is 2.19. The lowest BCUT2D eigenvalue weighted by molar-refractivity contribution is 0.0679. The molecule has 0 saturated heterocycles. The molecule has 0 saturated carbocycles. The second kappa shape index (κ2) is 8.37. The van der Waals surface area contributed by atoms with E-state index >= 15 is 0 Å². The van der Waals surface area contributed by atoms with E-state index < -0.39 is 17.8 Å². The standard InChI is InChI=1S/C19H18ClN5O5/c1-3-24-10-14(15(22-24)19(29)30)25(9-11-6-4-5-7-13(11)20)17(26)16-12(18(27)28)8-21-23(16)2/h4-8,10H,3,9H2,1-2H3,(H,27,28)(H,29,30). The molecule has 0 bridgehead atoms. The lowest BCUT2D eigenvalue weighted by atomic mass is 10.1. The highest BCUT2D eigenvalue weighted by atomic mass is 35.5. The van der Waals surface area contributed by atoms with Crippen LogP contribution in [-0.2, 0) is 20.1 Å². The van der Waals surface area contributed by atoms with Crippen molar-refractivity contribution in [2.45, 2.75) is 20.0 Å². The second-order valence-corrected chi connectivity index (χ2v) is 6.75. The summed E-state index contributed by atoms with van der Waals surface area (Å²) in [4.78, 5) is 38.0. The Kier molecular flexibility index (Phi) is 5.88. The number of halogens is 1. The maximum absolute atomic E-state index is 13.5. The second-order valence-electron chi connectivity index (χ2n) is 6.34. The Morgan fingerprint density at radius 3 is 2.47 bits per heavy atom. The molecular weight excluding hydrogens is 414 g/mol. The van der Waals surface area contributed by atoms with Crippen molar-refractivity contribution in [3.8, 4) is 0 Å². The van der Waals surface area contributed by atoms with Crippen molar-refractivity contribution in [2.24, 2.45) is 7.05 Å². The number of amides is 1. The van der Waals surface area contributed by atoms with Gasteiger partial charge in [-0.1, -0.05) is 29.8 Å². The van der Waals surface area contributed by atoms with Crippen LogP contribution in [0.5, 0.6) is 0 Å². The molecule has 3 rings (SSSR count). The van der Waals surface area contributed by atoms with E-state index in [1.165, 1.54) is 17.9 Å². The van der Waals surface area contributed by atoms with Crippen LogP contribution in [0, 0.1) is 0 Å². The van der Waals surface area contributed by atoms with Gasteiger partial charge < -0.3 is 10.2 Å². The summed E-state index contributed by atoms with van der Waals surface area (Å²) in [5.74, 6) is -3.39. The van der Waals surface area contributed by atoms with Gasteiger partial charge >= 0.3 is 11.9 Å². The molecule has 2 aromatic heterocycles. The number of carboxylic acid groups (broad SMARTS) is 2. The summed E-state index contributed by atoms with van der Waals surface area (Å²) in [6.45, 7) is 2.05. The van der Waals surface area contributed by atoms with Crippen molar-refractivity contribution in [1.82, 2.24) is 19.6 Å². The molecule has 0 fully saturated rings. The van der Waals surface area contributed by atoms with E-state index in [4.69, 9.17) is 11.6 Å². The number of rotatable bonds is 7. The highest BCUT2D eigenvalue weighted by Gasteiger charge is 2.31. The van der Waals surface area contributed by atoms with Crippen molar-refractivity contribution in [3.05, 3.63) is 64.2 Å². The average molecular weight is 432 g/mol. The predicted octanol–water partition coefficient (Wildman–Crippen LogP) is 2.53. The normalized spacial score (nSPS) is 10.8. The molecule has 3 aromatic rings. The highest BCUT2D eigenvalue weighted by molar-refractivity contribution is 6.31. The van der Waals surface area contributed by atoms with Crippen LogP contribution in [-0.4, -0.2) is 47.6 Å². The van der Waals surface area contributed by atoms with Crippen molar-refractivity contribution in [1.29, 1.82) is 0 Å². The third-order valence-electron chi connectivity index (χ3n) is 4.46. The minimum absolute atomic E-state index is 0.0202. The molecular formula is C19H18ClN5O5. The summed E-state index contributed by atoms with van der Waals surface area (Å²) in [6, 6.07) is 6.78. The number of aryl methyl sites for hydroxylation is 2. The number of hydrogen-bond acceptors (Lipinski definition) is 5. The summed E-state index contributed by atoms with van der Waals surface area (Å²) in [7, 11) is 1.43. The lowest BCUT2D eigenvalue weighted by Gasteiger charge is -2.23. The van der Waals surface area contributed by atoms with Gasteiger partial charge in [-0.15, -0.1) is 0 Å². The van der Waals surface area contributed by atoms with Gasteiger partial charge in [0.1, 0.15) is 11.3 Å². The largest absolute Gasteiger partial charge is 0.478 e. The predicted molar refractivity (Wildman–Crippen MR) is 107 cm³/mol. The molecule has 2 heterocycles. The Morgan fingerprint density at radius 1 is 1.17 bits per heavy atom. The third-order valence-corrected chi connectivity index (χ3v) is 4.83. The maximum atomic E-state index is 13.5.